The number of sulfone groups is 1. The maximum absolute atomic E-state index is 12.3. The zero-order valence-corrected chi connectivity index (χ0v) is 13.8. The van der Waals surface area contributed by atoms with Crippen LogP contribution in [0.2, 0.25) is 0 Å². The fraction of sp³-hybridized carbons (Fsp3) is 0.933. The van der Waals surface area contributed by atoms with E-state index in [0.717, 1.165) is 19.3 Å². The zero-order valence-electron chi connectivity index (χ0n) is 12.9. The summed E-state index contributed by atoms with van der Waals surface area (Å²) in [5.74, 6) is 0.543. The normalized spacial score (nSPS) is 21.0. The zero-order chi connectivity index (χ0) is 15.0. The molecular formula is C15H29NO3S. The molecule has 0 aromatic carbocycles. The van der Waals surface area contributed by atoms with Gasteiger partial charge in [0.1, 0.15) is 0 Å². The molecule has 0 aromatic heterocycles. The molecule has 1 atom stereocenters. The minimum absolute atomic E-state index is 0.0805. The van der Waals surface area contributed by atoms with Crippen LogP contribution in [0.25, 0.3) is 0 Å². The van der Waals surface area contributed by atoms with E-state index in [4.69, 9.17) is 0 Å². The number of carbonyl (C=O) groups is 1. The van der Waals surface area contributed by atoms with Crippen LogP contribution >= 0.6 is 0 Å². The monoisotopic (exact) mass is 303 g/mol. The van der Waals surface area contributed by atoms with Gasteiger partial charge in [-0.2, -0.15) is 0 Å². The van der Waals surface area contributed by atoms with E-state index >= 15 is 0 Å². The van der Waals surface area contributed by atoms with Crippen LogP contribution in [0.15, 0.2) is 0 Å². The molecule has 1 aliphatic rings. The van der Waals surface area contributed by atoms with E-state index in [1.807, 2.05) is 11.8 Å². The quantitative estimate of drug-likeness (QED) is 0.615. The van der Waals surface area contributed by atoms with Crippen molar-refractivity contribution in [2.24, 2.45) is 0 Å². The summed E-state index contributed by atoms with van der Waals surface area (Å²) in [6.45, 7) is 4.90. The Morgan fingerprint density at radius 3 is 2.35 bits per heavy atom. The van der Waals surface area contributed by atoms with E-state index in [-0.39, 0.29) is 23.5 Å². The van der Waals surface area contributed by atoms with Crippen molar-refractivity contribution in [1.29, 1.82) is 0 Å². The third-order valence-corrected chi connectivity index (χ3v) is 5.68. The molecule has 0 N–H and O–H groups in total. The third-order valence-electron chi connectivity index (χ3n) is 3.93. The van der Waals surface area contributed by atoms with Crippen LogP contribution < -0.4 is 0 Å². The first-order valence-electron chi connectivity index (χ1n) is 8.00. The van der Waals surface area contributed by atoms with Gasteiger partial charge in [-0.1, -0.05) is 39.5 Å². The number of unbranched alkanes of at least 4 members (excludes halogenated alkanes) is 4. The van der Waals surface area contributed by atoms with Gasteiger partial charge in [-0.05, 0) is 19.3 Å². The highest BCUT2D eigenvalue weighted by Gasteiger charge is 2.33. The summed E-state index contributed by atoms with van der Waals surface area (Å²) in [6.07, 6.45) is 7.72. The SMILES string of the molecule is CCCCCCCC(=O)N(CCC)C1CCS(=O)(=O)C1. The lowest BCUT2D eigenvalue weighted by atomic mass is 10.1. The Morgan fingerprint density at radius 2 is 1.80 bits per heavy atom. The molecule has 1 heterocycles. The maximum Gasteiger partial charge on any atom is 0.222 e. The summed E-state index contributed by atoms with van der Waals surface area (Å²) in [7, 11) is -2.92. The average Bonchev–Trinajstić information content (AvgIpc) is 2.75. The van der Waals surface area contributed by atoms with Crippen LogP contribution in [0.4, 0.5) is 0 Å². The first-order chi connectivity index (χ1) is 9.50. The second-order valence-electron chi connectivity index (χ2n) is 5.81. The van der Waals surface area contributed by atoms with Crippen molar-refractivity contribution in [3.8, 4) is 0 Å². The molecule has 1 unspecified atom stereocenters. The van der Waals surface area contributed by atoms with Crippen molar-refractivity contribution in [1.82, 2.24) is 4.90 Å². The third kappa shape index (κ3) is 5.81. The van der Waals surface area contributed by atoms with Gasteiger partial charge < -0.3 is 4.90 Å². The van der Waals surface area contributed by atoms with Gasteiger partial charge in [-0.3, -0.25) is 4.79 Å². The highest BCUT2D eigenvalue weighted by atomic mass is 32.2. The Labute approximate surface area is 123 Å². The van der Waals surface area contributed by atoms with Crippen LogP contribution in [0.5, 0.6) is 0 Å². The molecule has 0 saturated carbocycles. The molecule has 1 amide bonds. The summed E-state index contributed by atoms with van der Waals surface area (Å²) < 4.78 is 23.1. The largest absolute Gasteiger partial charge is 0.339 e. The first kappa shape index (κ1) is 17.5. The predicted molar refractivity (Wildman–Crippen MR) is 82.4 cm³/mol. The molecule has 0 radical (unpaired) electrons. The van der Waals surface area contributed by atoms with Gasteiger partial charge >= 0.3 is 0 Å². The predicted octanol–water partition coefficient (Wildman–Crippen LogP) is 2.77. The van der Waals surface area contributed by atoms with E-state index < -0.39 is 9.84 Å². The van der Waals surface area contributed by atoms with Crippen LogP contribution in [-0.2, 0) is 14.6 Å². The minimum Gasteiger partial charge on any atom is -0.339 e. The molecule has 1 fully saturated rings. The maximum atomic E-state index is 12.3. The molecule has 5 heteroatoms. The van der Waals surface area contributed by atoms with Gasteiger partial charge in [-0.25, -0.2) is 8.42 Å². The van der Waals surface area contributed by atoms with Crippen molar-refractivity contribution in [3.63, 3.8) is 0 Å². The van der Waals surface area contributed by atoms with Crippen molar-refractivity contribution >= 4 is 15.7 Å². The summed E-state index contributed by atoms with van der Waals surface area (Å²) in [5, 5.41) is 0. The molecule has 1 aliphatic heterocycles. The highest BCUT2D eigenvalue weighted by molar-refractivity contribution is 7.91. The lowest BCUT2D eigenvalue weighted by molar-refractivity contribution is -0.133. The second kappa shape index (κ2) is 8.65. The highest BCUT2D eigenvalue weighted by Crippen LogP contribution is 2.19. The van der Waals surface area contributed by atoms with Crippen molar-refractivity contribution in [3.05, 3.63) is 0 Å². The molecule has 1 rings (SSSR count). The van der Waals surface area contributed by atoms with Gasteiger partial charge in [-0.15, -0.1) is 0 Å². The Balaban J connectivity index is 2.43. The molecule has 0 aliphatic carbocycles. The molecule has 0 spiro atoms. The Bertz CT molecular complexity index is 392. The minimum atomic E-state index is -2.92. The summed E-state index contributed by atoms with van der Waals surface area (Å²) in [5.41, 5.74) is 0. The van der Waals surface area contributed by atoms with Gasteiger partial charge in [0.05, 0.1) is 11.5 Å². The van der Waals surface area contributed by atoms with E-state index in [0.29, 0.717) is 19.4 Å². The Hall–Kier alpha value is -0.580. The van der Waals surface area contributed by atoms with Crippen LogP contribution in [-0.4, -0.2) is 43.3 Å². The molecule has 1 saturated heterocycles. The lowest BCUT2D eigenvalue weighted by Crippen LogP contribution is -2.41. The molecular weight excluding hydrogens is 274 g/mol. The first-order valence-corrected chi connectivity index (χ1v) is 9.82. The Kier molecular flexibility index (Phi) is 7.56. The average molecular weight is 303 g/mol. The van der Waals surface area contributed by atoms with E-state index in [2.05, 4.69) is 6.92 Å². The Morgan fingerprint density at radius 1 is 1.10 bits per heavy atom. The lowest BCUT2D eigenvalue weighted by Gasteiger charge is -2.28. The van der Waals surface area contributed by atoms with Crippen molar-refractivity contribution < 1.29 is 13.2 Å². The standard InChI is InChI=1S/C15H29NO3S/c1-3-5-6-7-8-9-15(17)16(11-4-2)14-10-12-20(18,19)13-14/h14H,3-13H2,1-2H3. The molecule has 0 aromatic rings. The van der Waals surface area contributed by atoms with Gasteiger partial charge in [0.2, 0.25) is 5.91 Å². The number of carbonyl (C=O) groups excluding carboxylic acids is 1. The number of amides is 1. The molecule has 20 heavy (non-hydrogen) atoms. The van der Waals surface area contributed by atoms with Crippen LogP contribution in [0.3, 0.4) is 0 Å². The van der Waals surface area contributed by atoms with Crippen molar-refractivity contribution in [2.75, 3.05) is 18.1 Å². The fourth-order valence-electron chi connectivity index (χ4n) is 2.80. The summed E-state index contributed by atoms with van der Waals surface area (Å²) in [6, 6.07) is -0.0805. The number of rotatable bonds is 9. The number of hydrogen-bond acceptors (Lipinski definition) is 3. The smallest absolute Gasteiger partial charge is 0.222 e. The summed E-state index contributed by atoms with van der Waals surface area (Å²) in [4.78, 5) is 14.1. The molecule has 4 nitrogen and oxygen atoms in total. The van der Waals surface area contributed by atoms with Gasteiger partial charge in [0.25, 0.3) is 0 Å². The fourth-order valence-corrected chi connectivity index (χ4v) is 4.53. The van der Waals surface area contributed by atoms with E-state index in [9.17, 15) is 13.2 Å². The molecule has 118 valence electrons. The van der Waals surface area contributed by atoms with E-state index in [1.54, 1.807) is 0 Å². The van der Waals surface area contributed by atoms with Gasteiger partial charge in [0.15, 0.2) is 9.84 Å². The number of nitrogens with zero attached hydrogens (tertiary/aromatic N) is 1. The van der Waals surface area contributed by atoms with Crippen molar-refractivity contribution in [2.45, 2.75) is 71.3 Å². The van der Waals surface area contributed by atoms with Gasteiger partial charge in [0, 0.05) is 19.0 Å². The topological polar surface area (TPSA) is 54.5 Å². The van der Waals surface area contributed by atoms with Crippen LogP contribution in [0, 0.1) is 0 Å². The second-order valence-corrected chi connectivity index (χ2v) is 8.04. The number of hydrogen-bond donors (Lipinski definition) is 0. The van der Waals surface area contributed by atoms with Crippen LogP contribution in [0.1, 0.15) is 65.2 Å². The summed E-state index contributed by atoms with van der Waals surface area (Å²) >= 11 is 0. The van der Waals surface area contributed by atoms with E-state index in [1.165, 1.54) is 19.3 Å². The molecule has 0 bridgehead atoms.